The zero-order valence-corrected chi connectivity index (χ0v) is 9.87. The van der Waals surface area contributed by atoms with Gasteiger partial charge in [0.2, 0.25) is 0 Å². The van der Waals surface area contributed by atoms with Crippen LogP contribution in [-0.4, -0.2) is 17.4 Å². The molecule has 0 bridgehead atoms. The third-order valence-corrected chi connectivity index (χ3v) is 2.47. The molecular formula is C9H6F3IO3. The zero-order valence-electron chi connectivity index (χ0n) is 7.71. The van der Waals surface area contributed by atoms with Gasteiger partial charge in [0.05, 0.1) is 9.99 Å². The number of rotatable bonds is 3. The predicted octanol–water partition coefficient (Wildman–Crippen LogP) is 2.82. The lowest BCUT2D eigenvalue weighted by Gasteiger charge is -2.11. The Labute approximate surface area is 102 Å². The first-order valence-electron chi connectivity index (χ1n) is 4.04. The van der Waals surface area contributed by atoms with Crippen molar-refractivity contribution in [3.05, 3.63) is 27.3 Å². The van der Waals surface area contributed by atoms with Crippen LogP contribution in [0.3, 0.4) is 0 Å². The van der Waals surface area contributed by atoms with Crippen molar-refractivity contribution in [3.8, 4) is 5.75 Å². The second-order valence-corrected chi connectivity index (χ2v) is 4.05. The van der Waals surface area contributed by atoms with E-state index in [0.717, 1.165) is 6.07 Å². The molecule has 0 spiro atoms. The van der Waals surface area contributed by atoms with Crippen LogP contribution < -0.4 is 4.74 Å². The van der Waals surface area contributed by atoms with Gasteiger partial charge in [-0.25, -0.2) is 0 Å². The number of carboxylic acid groups (broad SMARTS) is 1. The molecule has 0 atom stereocenters. The molecule has 0 amide bonds. The number of halogens is 4. The summed E-state index contributed by atoms with van der Waals surface area (Å²) in [4.78, 5) is 10.4. The van der Waals surface area contributed by atoms with Crippen LogP contribution >= 0.6 is 22.6 Å². The number of carbonyl (C=O) groups is 1. The summed E-state index contributed by atoms with van der Waals surface area (Å²) in [5.74, 6) is -1.49. The van der Waals surface area contributed by atoms with E-state index in [4.69, 9.17) is 5.11 Å². The molecule has 1 aromatic rings. The number of benzene rings is 1. The number of ether oxygens (including phenoxy) is 1. The fourth-order valence-electron chi connectivity index (χ4n) is 1.04. The Morgan fingerprint density at radius 1 is 1.44 bits per heavy atom. The number of hydrogen-bond acceptors (Lipinski definition) is 2. The van der Waals surface area contributed by atoms with Crippen LogP contribution in [0.25, 0.3) is 0 Å². The van der Waals surface area contributed by atoms with Gasteiger partial charge in [-0.15, -0.1) is 13.2 Å². The molecule has 0 radical (unpaired) electrons. The van der Waals surface area contributed by atoms with E-state index in [0.29, 0.717) is 0 Å². The van der Waals surface area contributed by atoms with Crippen LogP contribution in [0.15, 0.2) is 18.2 Å². The van der Waals surface area contributed by atoms with Crippen molar-refractivity contribution >= 4 is 28.6 Å². The van der Waals surface area contributed by atoms with Crippen LogP contribution in [0.4, 0.5) is 13.2 Å². The first-order chi connectivity index (χ1) is 7.28. The van der Waals surface area contributed by atoms with Crippen LogP contribution in [0.2, 0.25) is 0 Å². The van der Waals surface area contributed by atoms with Gasteiger partial charge in [0.25, 0.3) is 0 Å². The fraction of sp³-hybridized carbons (Fsp3) is 0.222. The van der Waals surface area contributed by atoms with Gasteiger partial charge in [-0.05, 0) is 40.3 Å². The molecular weight excluding hydrogens is 340 g/mol. The summed E-state index contributed by atoms with van der Waals surface area (Å²) < 4.78 is 39.9. The second-order valence-electron chi connectivity index (χ2n) is 2.88. The smallest absolute Gasteiger partial charge is 0.481 e. The van der Waals surface area contributed by atoms with Gasteiger partial charge in [0.15, 0.2) is 0 Å². The van der Waals surface area contributed by atoms with Gasteiger partial charge < -0.3 is 9.84 Å². The summed E-state index contributed by atoms with van der Waals surface area (Å²) in [5, 5.41) is 8.49. The fourth-order valence-corrected chi connectivity index (χ4v) is 1.48. The van der Waals surface area contributed by atoms with Gasteiger partial charge in [-0.3, -0.25) is 4.79 Å². The van der Waals surface area contributed by atoms with E-state index >= 15 is 0 Å². The Morgan fingerprint density at radius 3 is 2.56 bits per heavy atom. The lowest BCUT2D eigenvalue weighted by Crippen LogP contribution is -2.18. The quantitative estimate of drug-likeness (QED) is 0.857. The van der Waals surface area contributed by atoms with Gasteiger partial charge in [-0.2, -0.15) is 0 Å². The van der Waals surface area contributed by atoms with Crippen LogP contribution in [0, 0.1) is 3.57 Å². The van der Waals surface area contributed by atoms with E-state index in [2.05, 4.69) is 4.74 Å². The molecule has 0 saturated heterocycles. The summed E-state index contributed by atoms with van der Waals surface area (Å²) in [7, 11) is 0. The summed E-state index contributed by atoms with van der Waals surface area (Å²) in [5.41, 5.74) is 0.257. The van der Waals surface area contributed by atoms with Crippen molar-refractivity contribution in [2.45, 2.75) is 12.8 Å². The maximum Gasteiger partial charge on any atom is 0.573 e. The van der Waals surface area contributed by atoms with Gasteiger partial charge in [0, 0.05) is 0 Å². The molecule has 16 heavy (non-hydrogen) atoms. The summed E-state index contributed by atoms with van der Waals surface area (Å²) in [6.07, 6.45) is -5.12. The van der Waals surface area contributed by atoms with E-state index in [-0.39, 0.29) is 21.3 Å². The van der Waals surface area contributed by atoms with Crippen molar-refractivity contribution in [1.29, 1.82) is 0 Å². The highest BCUT2D eigenvalue weighted by molar-refractivity contribution is 14.1. The number of hydrogen-bond donors (Lipinski definition) is 1. The Morgan fingerprint density at radius 2 is 2.06 bits per heavy atom. The maximum atomic E-state index is 12.0. The third-order valence-electron chi connectivity index (χ3n) is 1.58. The van der Waals surface area contributed by atoms with Gasteiger partial charge >= 0.3 is 12.3 Å². The average molecular weight is 346 g/mol. The molecule has 1 rings (SSSR count). The molecule has 0 fully saturated rings. The molecule has 0 unspecified atom stereocenters. The minimum Gasteiger partial charge on any atom is -0.481 e. The Kier molecular flexibility index (Phi) is 4.00. The van der Waals surface area contributed by atoms with Gasteiger partial charge in [0.1, 0.15) is 5.75 Å². The highest BCUT2D eigenvalue weighted by Gasteiger charge is 2.32. The Balaban J connectivity index is 2.95. The van der Waals surface area contributed by atoms with Gasteiger partial charge in [-0.1, -0.05) is 6.07 Å². The topological polar surface area (TPSA) is 46.5 Å². The third kappa shape index (κ3) is 4.25. The molecule has 0 aliphatic rings. The first kappa shape index (κ1) is 13.1. The molecule has 0 saturated carbocycles. The van der Waals surface area contributed by atoms with E-state index in [1.165, 1.54) is 12.1 Å². The van der Waals surface area contributed by atoms with Crippen LogP contribution in [0.1, 0.15) is 5.56 Å². The molecule has 1 aromatic carbocycles. The van der Waals surface area contributed by atoms with Crippen molar-refractivity contribution in [2.75, 3.05) is 0 Å². The number of aliphatic carboxylic acids is 1. The monoisotopic (exact) mass is 346 g/mol. The van der Waals surface area contributed by atoms with E-state index < -0.39 is 12.3 Å². The zero-order chi connectivity index (χ0) is 12.3. The van der Waals surface area contributed by atoms with Crippen LogP contribution in [0.5, 0.6) is 5.75 Å². The molecule has 0 aliphatic carbocycles. The minimum atomic E-state index is -4.78. The SMILES string of the molecule is O=C(O)Cc1ccc(I)c(OC(F)(F)F)c1. The summed E-state index contributed by atoms with van der Waals surface area (Å²) in [6.45, 7) is 0. The predicted molar refractivity (Wildman–Crippen MR) is 57.2 cm³/mol. The minimum absolute atomic E-state index is 0.257. The standard InChI is InChI=1S/C9H6F3IO3/c10-9(11,12)16-7-3-5(4-8(14)15)1-2-6(7)13/h1-3H,4H2,(H,14,15). The molecule has 0 heterocycles. The summed E-state index contributed by atoms with van der Waals surface area (Å²) >= 11 is 1.68. The molecule has 3 nitrogen and oxygen atoms in total. The number of carboxylic acids is 1. The van der Waals surface area contributed by atoms with Crippen LogP contribution in [-0.2, 0) is 11.2 Å². The van der Waals surface area contributed by atoms with E-state index in [1.807, 2.05) is 0 Å². The van der Waals surface area contributed by atoms with E-state index in [9.17, 15) is 18.0 Å². The highest BCUT2D eigenvalue weighted by atomic mass is 127. The molecule has 0 aliphatic heterocycles. The lowest BCUT2D eigenvalue weighted by atomic mass is 10.1. The lowest BCUT2D eigenvalue weighted by molar-refractivity contribution is -0.274. The van der Waals surface area contributed by atoms with E-state index in [1.54, 1.807) is 22.6 Å². The normalized spacial score (nSPS) is 11.2. The average Bonchev–Trinajstić information content (AvgIpc) is 2.07. The Hall–Kier alpha value is -0.990. The highest BCUT2D eigenvalue weighted by Crippen LogP contribution is 2.28. The second kappa shape index (κ2) is 4.89. The Bertz CT molecular complexity index is 403. The van der Waals surface area contributed by atoms with Crippen molar-refractivity contribution in [1.82, 2.24) is 0 Å². The first-order valence-corrected chi connectivity index (χ1v) is 5.12. The molecule has 0 aromatic heterocycles. The molecule has 1 N–H and O–H groups in total. The van der Waals surface area contributed by atoms with Crippen molar-refractivity contribution in [3.63, 3.8) is 0 Å². The largest absolute Gasteiger partial charge is 0.573 e. The molecule has 88 valence electrons. The summed E-state index contributed by atoms with van der Waals surface area (Å²) in [6, 6.07) is 3.89. The maximum absolute atomic E-state index is 12.0. The molecule has 7 heteroatoms. The number of alkyl halides is 3. The van der Waals surface area contributed by atoms with Crippen molar-refractivity contribution in [2.24, 2.45) is 0 Å². The van der Waals surface area contributed by atoms with Crippen molar-refractivity contribution < 1.29 is 27.8 Å².